The van der Waals surface area contributed by atoms with Gasteiger partial charge in [-0.15, -0.1) is 0 Å². The molecule has 1 aliphatic heterocycles. The Bertz CT molecular complexity index is 227. The molecule has 1 aliphatic rings. The van der Waals surface area contributed by atoms with E-state index in [1.54, 1.807) is 14.2 Å². The van der Waals surface area contributed by atoms with Crippen LogP contribution < -0.4 is 5.73 Å². The van der Waals surface area contributed by atoms with E-state index >= 15 is 0 Å². The highest BCUT2D eigenvalue weighted by molar-refractivity contribution is 8.00. The van der Waals surface area contributed by atoms with Crippen molar-refractivity contribution in [3.63, 3.8) is 0 Å². The van der Waals surface area contributed by atoms with Crippen LogP contribution >= 0.6 is 11.8 Å². The van der Waals surface area contributed by atoms with Crippen molar-refractivity contribution in [1.82, 2.24) is 4.90 Å². The molecular weight excluding hydrogens is 236 g/mol. The molecular formula is C12H26N2O2S. The van der Waals surface area contributed by atoms with E-state index in [-0.39, 0.29) is 11.8 Å². The molecule has 0 radical (unpaired) electrons. The van der Waals surface area contributed by atoms with Gasteiger partial charge in [0.15, 0.2) is 6.29 Å². The zero-order valence-corrected chi connectivity index (χ0v) is 12.3. The normalized spacial score (nSPS) is 26.1. The van der Waals surface area contributed by atoms with Gasteiger partial charge in [0.05, 0.1) is 5.54 Å². The van der Waals surface area contributed by atoms with E-state index < -0.39 is 0 Å². The maximum Gasteiger partial charge on any atom is 0.176 e. The molecule has 17 heavy (non-hydrogen) atoms. The monoisotopic (exact) mass is 262 g/mol. The SMILES string of the molecule is CCC1CN(C(C)(CN)C(OC)OC)CCS1. The van der Waals surface area contributed by atoms with Crippen LogP contribution in [0.5, 0.6) is 0 Å². The van der Waals surface area contributed by atoms with Crippen LogP contribution in [-0.2, 0) is 9.47 Å². The second kappa shape index (κ2) is 6.95. The van der Waals surface area contributed by atoms with Gasteiger partial charge in [0, 0.05) is 44.9 Å². The van der Waals surface area contributed by atoms with Crippen molar-refractivity contribution in [2.75, 3.05) is 39.6 Å². The Kier molecular flexibility index (Phi) is 6.23. The zero-order chi connectivity index (χ0) is 12.9. The summed E-state index contributed by atoms with van der Waals surface area (Å²) in [6.45, 7) is 7.04. The van der Waals surface area contributed by atoms with Crippen molar-refractivity contribution < 1.29 is 9.47 Å². The molecule has 0 aromatic carbocycles. The first-order valence-electron chi connectivity index (χ1n) is 6.24. The lowest BCUT2D eigenvalue weighted by atomic mass is 9.98. The van der Waals surface area contributed by atoms with E-state index in [2.05, 4.69) is 30.5 Å². The Labute approximate surface area is 109 Å². The van der Waals surface area contributed by atoms with Crippen molar-refractivity contribution in [1.29, 1.82) is 0 Å². The van der Waals surface area contributed by atoms with E-state index in [9.17, 15) is 0 Å². The summed E-state index contributed by atoms with van der Waals surface area (Å²) in [7, 11) is 3.36. The minimum atomic E-state index is -0.270. The molecule has 2 N–H and O–H groups in total. The number of hydrogen-bond donors (Lipinski definition) is 1. The average Bonchev–Trinajstić information content (AvgIpc) is 2.39. The number of ether oxygens (including phenoxy) is 2. The number of nitrogens with zero attached hydrogens (tertiary/aromatic N) is 1. The Morgan fingerprint density at radius 1 is 1.47 bits per heavy atom. The summed E-state index contributed by atoms with van der Waals surface area (Å²) in [6, 6.07) is 0. The second-order valence-electron chi connectivity index (χ2n) is 4.71. The third-order valence-corrected chi connectivity index (χ3v) is 5.04. The summed E-state index contributed by atoms with van der Waals surface area (Å²) >= 11 is 2.06. The Hall–Kier alpha value is 0.190. The molecule has 2 atom stereocenters. The third kappa shape index (κ3) is 3.35. The lowest BCUT2D eigenvalue weighted by Gasteiger charge is -2.47. The molecule has 1 fully saturated rings. The lowest BCUT2D eigenvalue weighted by molar-refractivity contribution is -0.180. The highest BCUT2D eigenvalue weighted by Gasteiger charge is 2.41. The molecule has 0 amide bonds. The van der Waals surface area contributed by atoms with Gasteiger partial charge >= 0.3 is 0 Å². The molecule has 4 nitrogen and oxygen atoms in total. The van der Waals surface area contributed by atoms with Crippen LogP contribution in [0.4, 0.5) is 0 Å². The predicted octanol–water partition coefficient (Wildman–Crippen LogP) is 1.15. The van der Waals surface area contributed by atoms with Crippen LogP contribution in [0.25, 0.3) is 0 Å². The first kappa shape index (κ1) is 15.2. The van der Waals surface area contributed by atoms with Gasteiger partial charge in [-0.1, -0.05) is 6.92 Å². The van der Waals surface area contributed by atoms with E-state index in [1.165, 1.54) is 6.42 Å². The first-order valence-corrected chi connectivity index (χ1v) is 7.29. The quantitative estimate of drug-likeness (QED) is 0.728. The molecule has 0 bridgehead atoms. The highest BCUT2D eigenvalue weighted by Crippen LogP contribution is 2.29. The summed E-state index contributed by atoms with van der Waals surface area (Å²) in [5, 5.41) is 0.698. The number of nitrogens with two attached hydrogens (primary N) is 1. The number of rotatable bonds is 6. The highest BCUT2D eigenvalue weighted by atomic mass is 32.2. The molecule has 1 rings (SSSR count). The summed E-state index contributed by atoms with van der Waals surface area (Å²) in [6.07, 6.45) is 0.931. The van der Waals surface area contributed by atoms with Crippen molar-refractivity contribution in [3.05, 3.63) is 0 Å². The van der Waals surface area contributed by atoms with Crippen molar-refractivity contribution in [2.24, 2.45) is 5.73 Å². The van der Waals surface area contributed by atoms with Gasteiger partial charge in [0.2, 0.25) is 0 Å². The number of hydrogen-bond acceptors (Lipinski definition) is 5. The van der Waals surface area contributed by atoms with Gasteiger partial charge in [-0.3, -0.25) is 4.90 Å². The van der Waals surface area contributed by atoms with Gasteiger partial charge < -0.3 is 15.2 Å². The number of methoxy groups -OCH3 is 2. The molecule has 1 saturated heterocycles. The molecule has 0 aromatic rings. The van der Waals surface area contributed by atoms with E-state index in [1.807, 2.05) is 0 Å². The fourth-order valence-corrected chi connectivity index (χ4v) is 3.59. The smallest absolute Gasteiger partial charge is 0.176 e. The first-order chi connectivity index (χ1) is 8.12. The van der Waals surface area contributed by atoms with Gasteiger partial charge in [-0.25, -0.2) is 0 Å². The summed E-state index contributed by atoms with van der Waals surface area (Å²) in [5.74, 6) is 1.16. The lowest BCUT2D eigenvalue weighted by Crippen LogP contribution is -2.63. The van der Waals surface area contributed by atoms with E-state index in [0.29, 0.717) is 11.8 Å². The van der Waals surface area contributed by atoms with Crippen LogP contribution in [0.15, 0.2) is 0 Å². The van der Waals surface area contributed by atoms with E-state index in [0.717, 1.165) is 18.8 Å². The molecule has 0 aliphatic carbocycles. The zero-order valence-electron chi connectivity index (χ0n) is 11.4. The maximum atomic E-state index is 5.97. The van der Waals surface area contributed by atoms with Crippen molar-refractivity contribution >= 4 is 11.8 Å². The molecule has 0 aromatic heterocycles. The Morgan fingerprint density at radius 2 is 2.12 bits per heavy atom. The van der Waals surface area contributed by atoms with Gasteiger partial charge in [0.25, 0.3) is 0 Å². The Balaban J connectivity index is 2.76. The van der Waals surface area contributed by atoms with Crippen molar-refractivity contribution in [2.45, 2.75) is 37.3 Å². The second-order valence-corrected chi connectivity index (χ2v) is 6.12. The minimum absolute atomic E-state index is 0.238. The standard InChI is InChI=1S/C12H26N2O2S/c1-5-10-8-14(6-7-17-10)12(2,9-13)11(15-3)16-4/h10-11H,5-9,13H2,1-4H3. The minimum Gasteiger partial charge on any atom is -0.354 e. The summed E-state index contributed by atoms with van der Waals surface area (Å²) < 4.78 is 10.9. The molecule has 0 spiro atoms. The summed E-state index contributed by atoms with van der Waals surface area (Å²) in [4.78, 5) is 2.43. The average molecular weight is 262 g/mol. The molecule has 5 heteroatoms. The van der Waals surface area contributed by atoms with Gasteiger partial charge in [-0.05, 0) is 13.3 Å². The number of thioether (sulfide) groups is 1. The van der Waals surface area contributed by atoms with E-state index in [4.69, 9.17) is 15.2 Å². The van der Waals surface area contributed by atoms with Crippen LogP contribution in [0.3, 0.4) is 0 Å². The van der Waals surface area contributed by atoms with Crippen LogP contribution in [0, 0.1) is 0 Å². The summed E-state index contributed by atoms with van der Waals surface area (Å²) in [5.41, 5.74) is 5.73. The topological polar surface area (TPSA) is 47.7 Å². The predicted molar refractivity (Wildman–Crippen MR) is 73.4 cm³/mol. The largest absolute Gasteiger partial charge is 0.354 e. The Morgan fingerprint density at radius 3 is 2.59 bits per heavy atom. The molecule has 0 saturated carbocycles. The fourth-order valence-electron chi connectivity index (χ4n) is 2.41. The molecule has 2 unspecified atom stereocenters. The van der Waals surface area contributed by atoms with Crippen LogP contribution in [0.1, 0.15) is 20.3 Å². The van der Waals surface area contributed by atoms with Gasteiger partial charge in [-0.2, -0.15) is 11.8 Å². The fraction of sp³-hybridized carbons (Fsp3) is 1.00. The third-order valence-electron chi connectivity index (χ3n) is 3.67. The van der Waals surface area contributed by atoms with Crippen molar-refractivity contribution in [3.8, 4) is 0 Å². The molecule has 102 valence electrons. The van der Waals surface area contributed by atoms with Crippen LogP contribution in [0.2, 0.25) is 0 Å². The van der Waals surface area contributed by atoms with Crippen LogP contribution in [-0.4, -0.2) is 61.6 Å². The van der Waals surface area contributed by atoms with Gasteiger partial charge in [0.1, 0.15) is 0 Å². The molecule has 1 heterocycles. The maximum absolute atomic E-state index is 5.97.